The van der Waals surface area contributed by atoms with Crippen molar-refractivity contribution in [2.24, 2.45) is 0 Å². The molecule has 0 aliphatic heterocycles. The van der Waals surface area contributed by atoms with Crippen LogP contribution in [0.15, 0.2) is 0 Å². The van der Waals surface area contributed by atoms with E-state index in [1.165, 1.54) is 0 Å². The third-order valence-corrected chi connectivity index (χ3v) is 3.29. The Morgan fingerprint density at radius 2 is 1.64 bits per heavy atom. The van der Waals surface area contributed by atoms with E-state index in [0.29, 0.717) is 12.8 Å². The van der Waals surface area contributed by atoms with Gasteiger partial charge in [0.05, 0.1) is 0 Å². The molecule has 0 bridgehead atoms. The monoisotopic (exact) mass is 218 g/mol. The maximum Gasteiger partial charge on any atom is 0.324 e. The minimum absolute atomic E-state index is 0.149. The molecule has 0 aromatic rings. The fourth-order valence-corrected chi connectivity index (χ4v) is 1.46. The molecule has 14 heavy (non-hydrogen) atoms. The lowest BCUT2D eigenvalue weighted by Gasteiger charge is -2.27. The van der Waals surface area contributed by atoms with Gasteiger partial charge >= 0.3 is 5.97 Å². The Morgan fingerprint density at radius 3 is 1.86 bits per heavy atom. The second-order valence-corrected chi connectivity index (χ2v) is 5.37. The van der Waals surface area contributed by atoms with Crippen molar-refractivity contribution in [3.05, 3.63) is 0 Å². The predicted molar refractivity (Wildman–Crippen MR) is 56.8 cm³/mol. The zero-order valence-corrected chi connectivity index (χ0v) is 10.5. The van der Waals surface area contributed by atoms with Crippen LogP contribution in [0.3, 0.4) is 0 Å². The van der Waals surface area contributed by atoms with Crippen molar-refractivity contribution < 1.29 is 14.1 Å². The van der Waals surface area contributed by atoms with Crippen molar-refractivity contribution in [1.29, 1.82) is 0 Å². The van der Waals surface area contributed by atoms with Crippen LogP contribution >= 0.6 is 8.46 Å². The Bertz CT molecular complexity index is 214. The van der Waals surface area contributed by atoms with Crippen LogP contribution in [0.5, 0.6) is 0 Å². The lowest BCUT2D eigenvalue weighted by molar-refractivity contribution is -0.158. The van der Waals surface area contributed by atoms with Gasteiger partial charge in [0, 0.05) is 0 Å². The van der Waals surface area contributed by atoms with Gasteiger partial charge < -0.3 is 4.74 Å². The van der Waals surface area contributed by atoms with E-state index >= 15 is 0 Å². The quantitative estimate of drug-likeness (QED) is 0.537. The largest absolute Gasteiger partial charge is 0.459 e. The highest BCUT2D eigenvalue weighted by atomic mass is 31.1. The number of ether oxygens (including phenoxy) is 1. The van der Waals surface area contributed by atoms with E-state index in [1.807, 2.05) is 34.6 Å². The number of rotatable bonds is 4. The molecule has 0 aromatic carbocycles. The van der Waals surface area contributed by atoms with Crippen molar-refractivity contribution in [2.45, 2.75) is 58.2 Å². The molecule has 0 saturated carbocycles. The molecule has 0 radical (unpaired) electrons. The fourth-order valence-electron chi connectivity index (χ4n) is 1.08. The summed E-state index contributed by atoms with van der Waals surface area (Å²) in [6, 6.07) is 0. The molecule has 0 aliphatic carbocycles. The predicted octanol–water partition coefficient (Wildman–Crippen LogP) is 3.18. The Kier molecular flexibility index (Phi) is 4.73. The van der Waals surface area contributed by atoms with Crippen LogP contribution in [0.4, 0.5) is 0 Å². The zero-order valence-electron chi connectivity index (χ0n) is 9.59. The molecular formula is C10H19O3P. The minimum Gasteiger partial charge on any atom is -0.459 e. The van der Waals surface area contributed by atoms with Gasteiger partial charge in [0.25, 0.3) is 0 Å². The van der Waals surface area contributed by atoms with E-state index in [2.05, 4.69) is 0 Å². The second kappa shape index (κ2) is 4.88. The van der Waals surface area contributed by atoms with Crippen molar-refractivity contribution in [1.82, 2.24) is 0 Å². The van der Waals surface area contributed by atoms with Gasteiger partial charge in [-0.1, -0.05) is 13.8 Å². The number of esters is 1. The third kappa shape index (κ3) is 3.38. The van der Waals surface area contributed by atoms with Gasteiger partial charge in [-0.2, -0.15) is 0 Å². The smallest absolute Gasteiger partial charge is 0.324 e. The lowest BCUT2D eigenvalue weighted by Crippen LogP contribution is -2.38. The molecular weight excluding hydrogens is 199 g/mol. The van der Waals surface area contributed by atoms with Crippen molar-refractivity contribution in [3.8, 4) is 0 Å². The van der Waals surface area contributed by atoms with E-state index in [1.54, 1.807) is 0 Å². The SMILES string of the molecule is CCC(CC)(P=O)C(=O)OC(C)(C)C. The topological polar surface area (TPSA) is 43.4 Å². The third-order valence-electron chi connectivity index (χ3n) is 2.12. The number of hydrogen-bond acceptors (Lipinski definition) is 3. The van der Waals surface area contributed by atoms with Crippen molar-refractivity contribution >= 4 is 14.4 Å². The molecule has 0 amide bonds. The molecule has 3 nitrogen and oxygen atoms in total. The average Bonchev–Trinajstić information content (AvgIpc) is 2.05. The van der Waals surface area contributed by atoms with Crippen LogP contribution in [0.2, 0.25) is 0 Å². The highest BCUT2D eigenvalue weighted by Crippen LogP contribution is 2.33. The molecule has 0 unspecified atom stereocenters. The highest BCUT2D eigenvalue weighted by Gasteiger charge is 2.39. The van der Waals surface area contributed by atoms with Gasteiger partial charge in [-0.25, -0.2) is 0 Å². The van der Waals surface area contributed by atoms with Crippen LogP contribution < -0.4 is 0 Å². The lowest BCUT2D eigenvalue weighted by atomic mass is 10.0. The Hall–Kier alpha value is -0.430. The first-order valence-corrected chi connectivity index (χ1v) is 5.70. The highest BCUT2D eigenvalue weighted by molar-refractivity contribution is 7.27. The summed E-state index contributed by atoms with van der Waals surface area (Å²) in [5.41, 5.74) is -0.517. The molecule has 0 aliphatic rings. The summed E-state index contributed by atoms with van der Waals surface area (Å²) >= 11 is 0. The number of hydrogen-bond donors (Lipinski definition) is 0. The van der Waals surface area contributed by atoms with Gasteiger partial charge in [-0.3, -0.25) is 9.36 Å². The maximum atomic E-state index is 11.7. The van der Waals surface area contributed by atoms with E-state index in [-0.39, 0.29) is 14.4 Å². The first-order chi connectivity index (χ1) is 6.31. The van der Waals surface area contributed by atoms with Gasteiger partial charge in [0.2, 0.25) is 0 Å². The maximum absolute atomic E-state index is 11.7. The number of carbonyl (C=O) groups excluding carboxylic acids is 1. The molecule has 0 fully saturated rings. The average molecular weight is 218 g/mol. The normalized spacial score (nSPS) is 12.9. The summed E-state index contributed by atoms with van der Waals surface area (Å²) in [5, 5.41) is -0.854. The molecule has 4 heteroatoms. The Labute approximate surface area is 87.4 Å². The summed E-state index contributed by atoms with van der Waals surface area (Å²) in [6.45, 7) is 9.12. The Balaban J connectivity index is 4.70. The summed E-state index contributed by atoms with van der Waals surface area (Å²) in [5.74, 6) is -0.369. The first-order valence-electron chi connectivity index (χ1n) is 4.89. The molecule has 0 spiro atoms. The van der Waals surface area contributed by atoms with Gasteiger partial charge in [0.1, 0.15) is 10.8 Å². The van der Waals surface area contributed by atoms with Crippen LogP contribution in [0.1, 0.15) is 47.5 Å². The molecule has 82 valence electrons. The summed E-state index contributed by atoms with van der Waals surface area (Å²) in [4.78, 5) is 11.7. The number of carbonyl (C=O) groups is 1. The minimum atomic E-state index is -0.854. The summed E-state index contributed by atoms with van der Waals surface area (Å²) in [7, 11) is -0.149. The summed E-state index contributed by atoms with van der Waals surface area (Å²) < 4.78 is 16.2. The molecule has 0 N–H and O–H groups in total. The van der Waals surface area contributed by atoms with Crippen LogP contribution in [-0.2, 0) is 14.1 Å². The second-order valence-electron chi connectivity index (χ2n) is 4.33. The van der Waals surface area contributed by atoms with Crippen LogP contribution in [0.25, 0.3) is 0 Å². The van der Waals surface area contributed by atoms with Gasteiger partial charge in [-0.15, -0.1) is 0 Å². The van der Waals surface area contributed by atoms with E-state index in [0.717, 1.165) is 0 Å². The molecule has 0 heterocycles. The van der Waals surface area contributed by atoms with Gasteiger partial charge in [-0.05, 0) is 33.6 Å². The van der Waals surface area contributed by atoms with Crippen molar-refractivity contribution in [3.63, 3.8) is 0 Å². The standard InChI is InChI=1S/C10H19O3P/c1-6-10(7-2,14-12)8(11)13-9(3,4)5/h6-7H2,1-5H3. The van der Waals surface area contributed by atoms with Crippen molar-refractivity contribution in [2.75, 3.05) is 0 Å². The molecule has 0 rings (SSSR count). The summed E-state index contributed by atoms with van der Waals surface area (Å²) in [6.07, 6.45) is 1.06. The fraction of sp³-hybridized carbons (Fsp3) is 0.900. The molecule has 0 saturated heterocycles. The Morgan fingerprint density at radius 1 is 1.21 bits per heavy atom. The van der Waals surface area contributed by atoms with Crippen LogP contribution in [-0.4, -0.2) is 16.7 Å². The molecule has 0 atom stereocenters. The first kappa shape index (κ1) is 13.6. The van der Waals surface area contributed by atoms with E-state index < -0.39 is 10.8 Å². The van der Waals surface area contributed by atoms with E-state index in [4.69, 9.17) is 4.74 Å². The van der Waals surface area contributed by atoms with Crippen LogP contribution in [0, 0.1) is 0 Å². The van der Waals surface area contributed by atoms with E-state index in [9.17, 15) is 9.36 Å². The zero-order chi connectivity index (χ0) is 11.4. The van der Waals surface area contributed by atoms with Gasteiger partial charge in [0.15, 0.2) is 8.46 Å². The molecule has 0 aromatic heterocycles.